The molecule has 1 aliphatic rings. The number of piperidine rings is 1. The fraction of sp³-hybridized carbons (Fsp3) is 0.938. The maximum atomic E-state index is 5.56. The normalized spacial score (nSPS) is 16.5. The SMILES string of the molecule is CN=C(NCCCOCC(C)C)NCCN1CCCCC1.I. The Balaban J connectivity index is 0.00000441. The van der Waals surface area contributed by atoms with Crippen LogP contribution in [0, 0.1) is 5.92 Å². The van der Waals surface area contributed by atoms with Crippen molar-refractivity contribution in [1.29, 1.82) is 0 Å². The van der Waals surface area contributed by atoms with Crippen LogP contribution in [0.4, 0.5) is 0 Å². The van der Waals surface area contributed by atoms with Crippen molar-refractivity contribution in [1.82, 2.24) is 15.5 Å². The molecule has 0 radical (unpaired) electrons. The first-order chi connectivity index (χ1) is 10.2. The third-order valence-electron chi connectivity index (χ3n) is 3.60. The minimum atomic E-state index is 0. The van der Waals surface area contributed by atoms with Crippen LogP contribution in [-0.4, -0.2) is 63.8 Å². The van der Waals surface area contributed by atoms with E-state index in [1.165, 1.54) is 32.4 Å². The molecule has 0 amide bonds. The first-order valence-electron chi connectivity index (χ1n) is 8.47. The van der Waals surface area contributed by atoms with Crippen LogP contribution in [0.5, 0.6) is 0 Å². The van der Waals surface area contributed by atoms with E-state index in [9.17, 15) is 0 Å². The summed E-state index contributed by atoms with van der Waals surface area (Å²) in [6, 6.07) is 0. The zero-order valence-electron chi connectivity index (χ0n) is 14.6. The van der Waals surface area contributed by atoms with Gasteiger partial charge in [-0.3, -0.25) is 4.99 Å². The molecule has 0 aliphatic carbocycles. The van der Waals surface area contributed by atoms with Gasteiger partial charge < -0.3 is 20.3 Å². The van der Waals surface area contributed by atoms with Crippen LogP contribution in [0.1, 0.15) is 39.5 Å². The van der Waals surface area contributed by atoms with Crippen LogP contribution in [0.2, 0.25) is 0 Å². The van der Waals surface area contributed by atoms with Gasteiger partial charge in [0.1, 0.15) is 0 Å². The Morgan fingerprint density at radius 3 is 2.45 bits per heavy atom. The van der Waals surface area contributed by atoms with Crippen LogP contribution in [0.25, 0.3) is 0 Å². The number of likely N-dealkylation sites (tertiary alicyclic amines) is 1. The first kappa shape index (κ1) is 21.9. The van der Waals surface area contributed by atoms with Crippen molar-refractivity contribution in [3.05, 3.63) is 0 Å². The Labute approximate surface area is 153 Å². The molecule has 0 spiro atoms. The van der Waals surface area contributed by atoms with E-state index in [0.717, 1.165) is 45.2 Å². The molecule has 0 aromatic heterocycles. The third kappa shape index (κ3) is 11.5. The molecule has 5 nitrogen and oxygen atoms in total. The highest BCUT2D eigenvalue weighted by Crippen LogP contribution is 2.07. The summed E-state index contributed by atoms with van der Waals surface area (Å²) in [7, 11) is 1.82. The standard InChI is InChI=1S/C16H34N4O.HI/c1-15(2)14-21-13-7-8-18-16(17-3)19-9-12-20-10-5-4-6-11-20;/h15H,4-14H2,1-3H3,(H2,17,18,19);1H. The van der Waals surface area contributed by atoms with Gasteiger partial charge in [-0.1, -0.05) is 20.3 Å². The molecule has 132 valence electrons. The summed E-state index contributed by atoms with van der Waals surface area (Å²) in [6.07, 6.45) is 5.11. The topological polar surface area (TPSA) is 48.9 Å². The fourth-order valence-corrected chi connectivity index (χ4v) is 2.44. The number of guanidine groups is 1. The Morgan fingerprint density at radius 1 is 1.14 bits per heavy atom. The second-order valence-corrected chi connectivity index (χ2v) is 6.15. The predicted molar refractivity (Wildman–Crippen MR) is 105 cm³/mol. The lowest BCUT2D eigenvalue weighted by Crippen LogP contribution is -2.43. The molecule has 0 aromatic rings. The van der Waals surface area contributed by atoms with E-state index in [4.69, 9.17) is 4.74 Å². The van der Waals surface area contributed by atoms with Crippen LogP contribution >= 0.6 is 24.0 Å². The number of aliphatic imine (C=N–C) groups is 1. The minimum Gasteiger partial charge on any atom is -0.381 e. The molecule has 1 aliphatic heterocycles. The van der Waals surface area contributed by atoms with E-state index in [2.05, 4.69) is 34.4 Å². The summed E-state index contributed by atoms with van der Waals surface area (Å²) in [5, 5.41) is 6.72. The van der Waals surface area contributed by atoms with Crippen molar-refractivity contribution < 1.29 is 4.74 Å². The summed E-state index contributed by atoms with van der Waals surface area (Å²) < 4.78 is 5.56. The number of halogens is 1. The lowest BCUT2D eigenvalue weighted by atomic mass is 10.1. The molecule has 0 bridgehead atoms. The summed E-state index contributed by atoms with van der Waals surface area (Å²) >= 11 is 0. The summed E-state index contributed by atoms with van der Waals surface area (Å²) in [5.74, 6) is 1.51. The van der Waals surface area contributed by atoms with Crippen molar-refractivity contribution in [3.8, 4) is 0 Å². The number of ether oxygens (including phenoxy) is 1. The second-order valence-electron chi connectivity index (χ2n) is 6.15. The van der Waals surface area contributed by atoms with Gasteiger partial charge in [0.05, 0.1) is 0 Å². The van der Waals surface area contributed by atoms with E-state index < -0.39 is 0 Å². The number of nitrogens with zero attached hydrogens (tertiary/aromatic N) is 2. The van der Waals surface area contributed by atoms with Crippen molar-refractivity contribution in [2.45, 2.75) is 39.5 Å². The molecule has 22 heavy (non-hydrogen) atoms. The maximum Gasteiger partial charge on any atom is 0.191 e. The molecule has 1 heterocycles. The molecule has 1 rings (SSSR count). The Kier molecular flexibility index (Phi) is 14.5. The number of hydrogen-bond donors (Lipinski definition) is 2. The third-order valence-corrected chi connectivity index (χ3v) is 3.60. The van der Waals surface area contributed by atoms with Gasteiger partial charge in [-0.2, -0.15) is 0 Å². The van der Waals surface area contributed by atoms with Crippen LogP contribution in [0.15, 0.2) is 4.99 Å². The highest BCUT2D eigenvalue weighted by molar-refractivity contribution is 14.0. The van der Waals surface area contributed by atoms with Crippen molar-refractivity contribution in [2.24, 2.45) is 10.9 Å². The molecule has 1 fully saturated rings. The average molecular weight is 426 g/mol. The van der Waals surface area contributed by atoms with Crippen molar-refractivity contribution in [2.75, 3.05) is 53.0 Å². The molecule has 6 heteroatoms. The van der Waals surface area contributed by atoms with Gasteiger partial charge in [0, 0.05) is 39.9 Å². The van der Waals surface area contributed by atoms with Crippen LogP contribution in [0.3, 0.4) is 0 Å². The number of hydrogen-bond acceptors (Lipinski definition) is 3. The zero-order valence-corrected chi connectivity index (χ0v) is 16.9. The number of nitrogens with one attached hydrogen (secondary N) is 2. The monoisotopic (exact) mass is 426 g/mol. The number of rotatable bonds is 9. The second kappa shape index (κ2) is 14.5. The van der Waals surface area contributed by atoms with Gasteiger partial charge in [0.2, 0.25) is 0 Å². The lowest BCUT2D eigenvalue weighted by molar-refractivity contribution is 0.108. The molecular formula is C16H35IN4O. The largest absolute Gasteiger partial charge is 0.381 e. The summed E-state index contributed by atoms with van der Waals surface area (Å²) in [5.41, 5.74) is 0. The molecular weight excluding hydrogens is 391 g/mol. The van der Waals surface area contributed by atoms with Crippen molar-refractivity contribution in [3.63, 3.8) is 0 Å². The molecule has 2 N–H and O–H groups in total. The van der Waals surface area contributed by atoms with E-state index in [0.29, 0.717) is 5.92 Å². The molecule has 0 saturated carbocycles. The predicted octanol–water partition coefficient (Wildman–Crippen LogP) is 2.32. The van der Waals surface area contributed by atoms with Crippen LogP contribution in [-0.2, 0) is 4.74 Å². The lowest BCUT2D eigenvalue weighted by Gasteiger charge is -2.26. The Hall–Kier alpha value is -0.0800. The molecule has 0 atom stereocenters. The quantitative estimate of drug-likeness (QED) is 0.257. The minimum absolute atomic E-state index is 0. The fourth-order valence-electron chi connectivity index (χ4n) is 2.44. The maximum absolute atomic E-state index is 5.56. The summed E-state index contributed by atoms with van der Waals surface area (Å²) in [4.78, 5) is 6.78. The van der Waals surface area contributed by atoms with Gasteiger partial charge in [-0.25, -0.2) is 0 Å². The van der Waals surface area contributed by atoms with E-state index in [-0.39, 0.29) is 24.0 Å². The first-order valence-corrected chi connectivity index (χ1v) is 8.47. The van der Waals surface area contributed by atoms with E-state index >= 15 is 0 Å². The molecule has 0 unspecified atom stereocenters. The summed E-state index contributed by atoms with van der Waals surface area (Å²) in [6.45, 7) is 11.5. The zero-order chi connectivity index (χ0) is 15.3. The highest BCUT2D eigenvalue weighted by Gasteiger charge is 2.09. The van der Waals surface area contributed by atoms with Crippen molar-refractivity contribution >= 4 is 29.9 Å². The molecule has 1 saturated heterocycles. The van der Waals surface area contributed by atoms with Gasteiger partial charge in [0.25, 0.3) is 0 Å². The Morgan fingerprint density at radius 2 is 1.82 bits per heavy atom. The molecule has 0 aromatic carbocycles. The van der Waals surface area contributed by atoms with E-state index in [1.54, 1.807) is 0 Å². The van der Waals surface area contributed by atoms with E-state index in [1.807, 2.05) is 7.05 Å². The van der Waals surface area contributed by atoms with Gasteiger partial charge in [-0.05, 0) is 38.3 Å². The van der Waals surface area contributed by atoms with Gasteiger partial charge in [-0.15, -0.1) is 24.0 Å². The van der Waals surface area contributed by atoms with Gasteiger partial charge >= 0.3 is 0 Å². The highest BCUT2D eigenvalue weighted by atomic mass is 127. The van der Waals surface area contributed by atoms with Gasteiger partial charge in [0.15, 0.2) is 5.96 Å². The average Bonchev–Trinajstić information content (AvgIpc) is 2.49. The Bertz CT molecular complexity index is 281. The smallest absolute Gasteiger partial charge is 0.191 e. The van der Waals surface area contributed by atoms with Crippen LogP contribution < -0.4 is 10.6 Å².